The molecule has 0 saturated carbocycles. The number of nitrogen functional groups attached to an aromatic ring is 1. The van der Waals surface area contributed by atoms with Crippen molar-refractivity contribution in [1.29, 1.82) is 0 Å². The Bertz CT molecular complexity index is 764. The van der Waals surface area contributed by atoms with Gasteiger partial charge in [0.1, 0.15) is 0 Å². The third kappa shape index (κ3) is 2.96. The van der Waals surface area contributed by atoms with E-state index in [1.54, 1.807) is 0 Å². The number of benzene rings is 1. The van der Waals surface area contributed by atoms with Gasteiger partial charge in [0.25, 0.3) is 0 Å². The monoisotopic (exact) mass is 316 g/mol. The Morgan fingerprint density at radius 2 is 2.00 bits per heavy atom. The Labute approximate surface area is 131 Å². The normalized spacial score (nSPS) is 11.0. The fourth-order valence-corrected chi connectivity index (χ4v) is 2.59. The Hall–Kier alpha value is -2.35. The van der Waals surface area contributed by atoms with Crippen LogP contribution in [0.3, 0.4) is 0 Å². The Balaban J connectivity index is 1.74. The highest BCUT2D eigenvalue weighted by Crippen LogP contribution is 2.24. The third-order valence-electron chi connectivity index (χ3n) is 3.13. The summed E-state index contributed by atoms with van der Waals surface area (Å²) in [5, 5.41) is 12.7. The van der Waals surface area contributed by atoms with E-state index in [9.17, 15) is 0 Å². The zero-order valence-electron chi connectivity index (χ0n) is 12.4. The first-order chi connectivity index (χ1) is 10.7. The molecule has 1 aromatic carbocycles. The number of hydrogen-bond acceptors (Lipinski definition) is 7. The van der Waals surface area contributed by atoms with Gasteiger partial charge in [-0.25, -0.2) is 4.68 Å². The van der Waals surface area contributed by atoms with Crippen LogP contribution in [-0.2, 0) is 12.2 Å². The summed E-state index contributed by atoms with van der Waals surface area (Å²) < 4.78 is 6.62. The Morgan fingerprint density at radius 1 is 1.23 bits per heavy atom. The van der Waals surface area contributed by atoms with Crippen LogP contribution in [0.5, 0.6) is 0 Å². The number of hydrogen-bond donors (Lipinski definition) is 1. The maximum Gasteiger partial charge on any atom is 0.237 e. The molecule has 0 radical (unpaired) electrons. The molecular formula is C14H16N6OS. The zero-order chi connectivity index (χ0) is 15.5. The van der Waals surface area contributed by atoms with E-state index in [0.717, 1.165) is 12.0 Å². The number of aryl methyl sites for hydroxylation is 2. The van der Waals surface area contributed by atoms with Crippen molar-refractivity contribution in [3.63, 3.8) is 0 Å². The minimum Gasteiger partial charge on any atom is -0.338 e. The molecule has 2 heterocycles. The predicted octanol–water partition coefficient (Wildman–Crippen LogP) is 2.21. The van der Waals surface area contributed by atoms with E-state index in [2.05, 4.69) is 20.3 Å². The molecule has 0 aliphatic carbocycles. The van der Waals surface area contributed by atoms with E-state index in [1.165, 1.54) is 22.0 Å². The molecule has 0 unspecified atom stereocenters. The SMILES string of the molecule is CCc1noc(CSc2nnc(-c3ccc(C)cc3)n2N)n1. The molecule has 22 heavy (non-hydrogen) atoms. The molecule has 0 atom stereocenters. The second-order valence-corrected chi connectivity index (χ2v) is 5.73. The van der Waals surface area contributed by atoms with Crippen molar-refractivity contribution >= 4 is 11.8 Å². The van der Waals surface area contributed by atoms with Gasteiger partial charge < -0.3 is 10.4 Å². The maximum atomic E-state index is 6.07. The molecule has 3 rings (SSSR count). The lowest BCUT2D eigenvalue weighted by atomic mass is 10.1. The van der Waals surface area contributed by atoms with Gasteiger partial charge in [0.05, 0.1) is 5.75 Å². The predicted molar refractivity (Wildman–Crippen MR) is 83.6 cm³/mol. The molecular weight excluding hydrogens is 300 g/mol. The van der Waals surface area contributed by atoms with Crippen molar-refractivity contribution in [3.05, 3.63) is 41.5 Å². The molecule has 114 valence electrons. The van der Waals surface area contributed by atoms with Crippen LogP contribution >= 0.6 is 11.8 Å². The Morgan fingerprint density at radius 3 is 2.68 bits per heavy atom. The summed E-state index contributed by atoms with van der Waals surface area (Å²) in [6.45, 7) is 4.01. The number of rotatable bonds is 5. The van der Waals surface area contributed by atoms with Crippen molar-refractivity contribution in [1.82, 2.24) is 25.0 Å². The van der Waals surface area contributed by atoms with E-state index in [1.807, 2.05) is 38.1 Å². The van der Waals surface area contributed by atoms with E-state index in [4.69, 9.17) is 10.4 Å². The minimum absolute atomic E-state index is 0.510. The van der Waals surface area contributed by atoms with Gasteiger partial charge in [-0.3, -0.25) is 0 Å². The summed E-state index contributed by atoms with van der Waals surface area (Å²) in [5.41, 5.74) is 2.11. The molecule has 7 nitrogen and oxygen atoms in total. The number of nitrogens with zero attached hydrogens (tertiary/aromatic N) is 5. The van der Waals surface area contributed by atoms with Crippen LogP contribution in [0.4, 0.5) is 0 Å². The molecule has 0 bridgehead atoms. The lowest BCUT2D eigenvalue weighted by molar-refractivity contribution is 0.385. The van der Waals surface area contributed by atoms with Crippen LogP contribution in [0, 0.1) is 6.92 Å². The van der Waals surface area contributed by atoms with Crippen LogP contribution in [-0.4, -0.2) is 25.0 Å². The second-order valence-electron chi connectivity index (χ2n) is 4.79. The van der Waals surface area contributed by atoms with E-state index in [-0.39, 0.29) is 0 Å². The number of aromatic nitrogens is 5. The summed E-state index contributed by atoms with van der Waals surface area (Å²) in [4.78, 5) is 4.25. The van der Waals surface area contributed by atoms with Gasteiger partial charge in [0, 0.05) is 12.0 Å². The fourth-order valence-electron chi connectivity index (χ4n) is 1.89. The van der Waals surface area contributed by atoms with E-state index >= 15 is 0 Å². The summed E-state index contributed by atoms with van der Waals surface area (Å²) in [6.07, 6.45) is 0.749. The van der Waals surface area contributed by atoms with E-state index in [0.29, 0.717) is 28.4 Å². The van der Waals surface area contributed by atoms with Gasteiger partial charge in [0.2, 0.25) is 11.0 Å². The lowest BCUT2D eigenvalue weighted by Crippen LogP contribution is -2.11. The highest BCUT2D eigenvalue weighted by Gasteiger charge is 2.14. The maximum absolute atomic E-state index is 6.07. The molecule has 3 aromatic rings. The third-order valence-corrected chi connectivity index (χ3v) is 4.05. The van der Waals surface area contributed by atoms with Crippen molar-refractivity contribution in [2.24, 2.45) is 0 Å². The van der Waals surface area contributed by atoms with Gasteiger partial charge in [-0.2, -0.15) is 4.98 Å². The van der Waals surface area contributed by atoms with Crippen LogP contribution in [0.2, 0.25) is 0 Å². The molecule has 8 heteroatoms. The summed E-state index contributed by atoms with van der Waals surface area (Å²) in [7, 11) is 0. The highest BCUT2D eigenvalue weighted by molar-refractivity contribution is 7.98. The molecule has 0 aliphatic rings. The topological polar surface area (TPSA) is 95.7 Å². The molecule has 0 fully saturated rings. The molecule has 0 amide bonds. The van der Waals surface area contributed by atoms with E-state index < -0.39 is 0 Å². The first-order valence-corrected chi connectivity index (χ1v) is 7.87. The van der Waals surface area contributed by atoms with Gasteiger partial charge in [0.15, 0.2) is 11.6 Å². The first-order valence-electron chi connectivity index (χ1n) is 6.89. The smallest absolute Gasteiger partial charge is 0.237 e. The fraction of sp³-hybridized carbons (Fsp3) is 0.286. The van der Waals surface area contributed by atoms with Gasteiger partial charge in [-0.15, -0.1) is 10.2 Å². The first kappa shape index (κ1) is 14.6. The molecule has 2 N–H and O–H groups in total. The van der Waals surface area contributed by atoms with Crippen molar-refractivity contribution < 1.29 is 4.52 Å². The van der Waals surface area contributed by atoms with Crippen LogP contribution in [0.25, 0.3) is 11.4 Å². The number of thioether (sulfide) groups is 1. The summed E-state index contributed by atoms with van der Waals surface area (Å²) >= 11 is 1.41. The average molecular weight is 316 g/mol. The van der Waals surface area contributed by atoms with Crippen molar-refractivity contribution in [2.75, 3.05) is 5.84 Å². The van der Waals surface area contributed by atoms with Gasteiger partial charge in [-0.05, 0) is 6.92 Å². The largest absolute Gasteiger partial charge is 0.338 e. The quantitative estimate of drug-likeness (QED) is 0.569. The summed E-state index contributed by atoms with van der Waals surface area (Å²) in [5.74, 6) is 8.47. The molecule has 0 spiro atoms. The highest BCUT2D eigenvalue weighted by atomic mass is 32.2. The minimum atomic E-state index is 0.510. The second kappa shape index (κ2) is 6.18. The molecule has 0 saturated heterocycles. The lowest BCUT2D eigenvalue weighted by Gasteiger charge is -2.03. The Kier molecular flexibility index (Phi) is 4.10. The molecule has 0 aliphatic heterocycles. The van der Waals surface area contributed by atoms with Crippen LogP contribution in [0.15, 0.2) is 33.9 Å². The van der Waals surface area contributed by atoms with Crippen molar-refractivity contribution in [3.8, 4) is 11.4 Å². The van der Waals surface area contributed by atoms with Gasteiger partial charge >= 0.3 is 0 Å². The van der Waals surface area contributed by atoms with Gasteiger partial charge in [-0.1, -0.05) is 53.7 Å². The zero-order valence-corrected chi connectivity index (χ0v) is 13.2. The average Bonchev–Trinajstić information content (AvgIpc) is 3.13. The summed E-state index contributed by atoms with van der Waals surface area (Å²) in [6, 6.07) is 7.98. The number of nitrogens with two attached hydrogens (primary N) is 1. The van der Waals surface area contributed by atoms with Crippen LogP contribution < -0.4 is 5.84 Å². The molecule has 2 aromatic heterocycles. The standard InChI is InChI=1S/C14H16N6OS/c1-3-11-16-12(21-19-11)8-22-14-18-17-13(20(14)15)10-6-4-9(2)5-7-10/h4-7H,3,8,15H2,1-2H3. The van der Waals surface area contributed by atoms with Crippen LogP contribution in [0.1, 0.15) is 24.2 Å². The van der Waals surface area contributed by atoms with Crippen molar-refractivity contribution in [2.45, 2.75) is 31.2 Å².